The molecule has 0 aliphatic rings. The van der Waals surface area contributed by atoms with Crippen molar-refractivity contribution >= 4 is 11.9 Å². The Kier molecular flexibility index (Phi) is 10.9. The number of phenols is 2. The van der Waals surface area contributed by atoms with Crippen LogP contribution >= 0.6 is 0 Å². The molecule has 0 heterocycles. The monoisotopic (exact) mass is 421 g/mol. The third-order valence-electron chi connectivity index (χ3n) is 3.74. The summed E-state index contributed by atoms with van der Waals surface area (Å²) in [6, 6.07) is 8.86. The first-order valence-electron chi connectivity index (χ1n) is 8.37. The molecule has 6 nitrogen and oxygen atoms in total. The van der Waals surface area contributed by atoms with E-state index in [1.165, 1.54) is 36.4 Å². The second kappa shape index (κ2) is 12.0. The predicted molar refractivity (Wildman–Crippen MR) is 92.9 cm³/mol. The number of hydrogen-bond donors (Lipinski definition) is 2. The number of benzene rings is 2. The van der Waals surface area contributed by atoms with Gasteiger partial charge in [0.15, 0.2) is 0 Å². The minimum Gasteiger partial charge on any atom is -0.545 e. The summed E-state index contributed by atoms with van der Waals surface area (Å²) < 4.78 is 0. The van der Waals surface area contributed by atoms with E-state index in [4.69, 9.17) is 0 Å². The van der Waals surface area contributed by atoms with Gasteiger partial charge in [0, 0.05) is 22.3 Å². The summed E-state index contributed by atoms with van der Waals surface area (Å²) in [4.78, 5) is 21.3. The molecule has 0 saturated heterocycles. The molecule has 2 N–H and O–H groups in total. The Morgan fingerprint density at radius 1 is 0.778 bits per heavy atom. The molecule has 0 aromatic heterocycles. The van der Waals surface area contributed by atoms with Gasteiger partial charge >= 0.3 is 17.1 Å². The van der Waals surface area contributed by atoms with E-state index in [0.717, 1.165) is 12.8 Å². The number of carboxylic acids is 2. The first kappa shape index (κ1) is 24.5. The Hall–Kier alpha value is -2.50. The van der Waals surface area contributed by atoms with Gasteiger partial charge in [-0.05, 0) is 25.0 Å². The van der Waals surface area contributed by atoms with Crippen LogP contribution in [0.1, 0.15) is 58.5 Å². The van der Waals surface area contributed by atoms with Gasteiger partial charge in [-0.1, -0.05) is 51.0 Å². The van der Waals surface area contributed by atoms with Crippen molar-refractivity contribution in [3.8, 4) is 11.5 Å². The molecule has 149 valence electrons. The Balaban J connectivity index is 0.000000483. The second-order valence-corrected chi connectivity index (χ2v) is 5.68. The van der Waals surface area contributed by atoms with Crippen LogP contribution in [0, 0.1) is 0 Å². The summed E-state index contributed by atoms with van der Waals surface area (Å²) in [6.07, 6.45) is 2.68. The smallest absolute Gasteiger partial charge is 0.545 e. The summed E-state index contributed by atoms with van der Waals surface area (Å²) in [5.74, 6) is -2.41. The zero-order valence-electron chi connectivity index (χ0n) is 15.1. The van der Waals surface area contributed by atoms with Crippen molar-refractivity contribution in [3.05, 3.63) is 58.7 Å². The number of hydrogen-bond acceptors (Lipinski definition) is 6. The third-order valence-corrected chi connectivity index (χ3v) is 3.74. The minimum atomic E-state index is -1.24. The van der Waals surface area contributed by atoms with Crippen LogP contribution in [0.5, 0.6) is 11.5 Å². The van der Waals surface area contributed by atoms with Crippen molar-refractivity contribution in [3.63, 3.8) is 0 Å². The van der Waals surface area contributed by atoms with Crippen molar-refractivity contribution in [2.45, 2.75) is 39.5 Å². The Morgan fingerprint density at radius 3 is 1.37 bits per heavy atom. The van der Waals surface area contributed by atoms with E-state index in [9.17, 15) is 30.0 Å². The zero-order valence-corrected chi connectivity index (χ0v) is 16.1. The van der Waals surface area contributed by atoms with E-state index in [2.05, 4.69) is 0 Å². The second-order valence-electron chi connectivity index (χ2n) is 5.68. The van der Waals surface area contributed by atoms with Gasteiger partial charge in [-0.2, -0.15) is 0 Å². The zero-order chi connectivity index (χ0) is 19.7. The molecule has 2 rings (SSSR count). The molecule has 7 heteroatoms. The van der Waals surface area contributed by atoms with Crippen LogP contribution in [0.25, 0.3) is 0 Å². The molecular formula is C20H22CuO6. The number of carbonyl (C=O) groups excluding carboxylic acids is 2. The van der Waals surface area contributed by atoms with Gasteiger partial charge in [0.1, 0.15) is 11.5 Å². The van der Waals surface area contributed by atoms with Crippen molar-refractivity contribution in [1.82, 2.24) is 0 Å². The van der Waals surface area contributed by atoms with E-state index in [0.29, 0.717) is 24.0 Å². The van der Waals surface area contributed by atoms with E-state index in [-0.39, 0.29) is 39.7 Å². The number of carbonyl (C=O) groups is 2. The number of rotatable bonds is 6. The summed E-state index contributed by atoms with van der Waals surface area (Å²) in [5, 5.41) is 40.0. The molecule has 0 fully saturated rings. The molecule has 27 heavy (non-hydrogen) atoms. The molecule has 0 saturated carbocycles. The van der Waals surface area contributed by atoms with Crippen LogP contribution in [0.4, 0.5) is 0 Å². The van der Waals surface area contributed by atoms with Crippen molar-refractivity contribution in [1.29, 1.82) is 0 Å². The van der Waals surface area contributed by atoms with Crippen LogP contribution < -0.4 is 10.2 Å². The van der Waals surface area contributed by atoms with Crippen LogP contribution in [-0.2, 0) is 29.9 Å². The summed E-state index contributed by atoms with van der Waals surface area (Å²) in [7, 11) is 0. The molecule has 0 unspecified atom stereocenters. The number of aromatic carboxylic acids is 2. The van der Waals surface area contributed by atoms with Crippen LogP contribution in [0.3, 0.4) is 0 Å². The van der Waals surface area contributed by atoms with Crippen LogP contribution in [0.15, 0.2) is 36.4 Å². The fraction of sp³-hybridized carbons (Fsp3) is 0.300. The Bertz CT molecular complexity index is 708. The van der Waals surface area contributed by atoms with E-state index in [1.54, 1.807) is 0 Å². The first-order valence-corrected chi connectivity index (χ1v) is 8.37. The fourth-order valence-corrected chi connectivity index (χ4v) is 2.56. The molecule has 0 bridgehead atoms. The molecule has 0 spiro atoms. The number of carboxylic acid groups (broad SMARTS) is 2. The van der Waals surface area contributed by atoms with Gasteiger partial charge in [-0.3, -0.25) is 0 Å². The molecule has 1 radical (unpaired) electrons. The normalized spacial score (nSPS) is 9.56. The molecule has 2 aromatic rings. The van der Waals surface area contributed by atoms with Gasteiger partial charge in [-0.25, -0.2) is 0 Å². The topological polar surface area (TPSA) is 121 Å². The van der Waals surface area contributed by atoms with Crippen LogP contribution in [0.2, 0.25) is 0 Å². The minimum absolute atomic E-state index is 0. The molecule has 0 aliphatic carbocycles. The maximum absolute atomic E-state index is 10.6. The molecular weight excluding hydrogens is 400 g/mol. The van der Waals surface area contributed by atoms with Crippen LogP contribution in [-0.4, -0.2) is 22.2 Å². The SMILES string of the molecule is CCCc1c(O)cccc1C(=O)[O-].CCCc1c(O)cccc1C(=O)[O-].[Cu+2]. The Labute approximate surface area is 169 Å². The molecule has 0 aliphatic heterocycles. The molecule has 0 atom stereocenters. The van der Waals surface area contributed by atoms with Gasteiger partial charge in [0.05, 0.1) is 11.9 Å². The largest absolute Gasteiger partial charge is 2.00 e. The van der Waals surface area contributed by atoms with E-state index >= 15 is 0 Å². The van der Waals surface area contributed by atoms with Gasteiger partial charge in [-0.15, -0.1) is 0 Å². The predicted octanol–water partition coefficient (Wildman–Crippen LogP) is 1.41. The Morgan fingerprint density at radius 2 is 1.11 bits per heavy atom. The van der Waals surface area contributed by atoms with E-state index in [1.807, 2.05) is 13.8 Å². The van der Waals surface area contributed by atoms with Crippen molar-refractivity contribution < 1.29 is 47.1 Å². The van der Waals surface area contributed by atoms with Crippen molar-refractivity contribution in [2.75, 3.05) is 0 Å². The molecule has 0 amide bonds. The average Bonchev–Trinajstić information content (AvgIpc) is 2.59. The number of aromatic hydroxyl groups is 2. The molecule has 2 aromatic carbocycles. The maximum atomic E-state index is 10.6. The van der Waals surface area contributed by atoms with Crippen molar-refractivity contribution in [2.24, 2.45) is 0 Å². The van der Waals surface area contributed by atoms with E-state index < -0.39 is 11.9 Å². The summed E-state index contributed by atoms with van der Waals surface area (Å²) in [6.45, 7) is 3.84. The fourth-order valence-electron chi connectivity index (χ4n) is 2.56. The standard InChI is InChI=1S/2C10H12O3.Cu/c2*1-2-4-7-8(10(12)13)5-3-6-9(7)11;/h2*3,5-6,11H,2,4H2,1H3,(H,12,13);/q;;+2/p-2. The number of phenolic OH excluding ortho intramolecular Hbond substituents is 2. The first-order chi connectivity index (χ1) is 12.3. The quantitative estimate of drug-likeness (QED) is 0.680. The maximum Gasteiger partial charge on any atom is 2.00 e. The van der Waals surface area contributed by atoms with Gasteiger partial charge in [0.25, 0.3) is 0 Å². The van der Waals surface area contributed by atoms with Gasteiger partial charge in [0.2, 0.25) is 0 Å². The van der Waals surface area contributed by atoms with Gasteiger partial charge < -0.3 is 30.0 Å². The summed E-state index contributed by atoms with van der Waals surface area (Å²) in [5.41, 5.74) is 1.10. The third kappa shape index (κ3) is 6.96. The average molecular weight is 422 g/mol. The summed E-state index contributed by atoms with van der Waals surface area (Å²) >= 11 is 0.